The van der Waals surface area contributed by atoms with Crippen molar-refractivity contribution in [1.29, 1.82) is 0 Å². The van der Waals surface area contributed by atoms with Crippen molar-refractivity contribution in [3.05, 3.63) is 23.5 Å². The van der Waals surface area contributed by atoms with E-state index in [-0.39, 0.29) is 0 Å². The van der Waals surface area contributed by atoms with E-state index >= 15 is 0 Å². The molecular weight excluding hydrogens is 210 g/mol. The Morgan fingerprint density at radius 1 is 1.27 bits per heavy atom. The number of aromatic nitrogens is 2. The summed E-state index contributed by atoms with van der Waals surface area (Å²) in [6.07, 6.45) is 4.22. The zero-order chi connectivity index (χ0) is 10.3. The first-order chi connectivity index (χ1) is 7.34. The highest BCUT2D eigenvalue weighted by atomic mass is 35.5. The quantitative estimate of drug-likeness (QED) is 0.803. The summed E-state index contributed by atoms with van der Waals surface area (Å²) in [6.45, 7) is 2.21. The van der Waals surface area contributed by atoms with Gasteiger partial charge in [0.25, 0.3) is 0 Å². The number of hydrogen-bond donors (Lipinski definition) is 1. The molecule has 0 atom stereocenters. The fraction of sp³-hybridized carbons (Fsp3) is 0.364. The predicted octanol–water partition coefficient (Wildman–Crippen LogP) is 2.82. The third-order valence-electron chi connectivity index (χ3n) is 2.94. The third-order valence-corrected chi connectivity index (χ3v) is 3.24. The molecule has 15 heavy (non-hydrogen) atoms. The molecule has 2 heterocycles. The van der Waals surface area contributed by atoms with E-state index in [1.54, 1.807) is 6.33 Å². The number of benzene rings is 1. The molecule has 1 aliphatic rings. The molecule has 4 heteroatoms. The Balaban J connectivity index is 2.11. The van der Waals surface area contributed by atoms with Gasteiger partial charge >= 0.3 is 0 Å². The summed E-state index contributed by atoms with van der Waals surface area (Å²) in [5.41, 5.74) is 3.11. The number of nitrogens with zero attached hydrogens (tertiary/aromatic N) is 2. The minimum absolute atomic E-state index is 0.814. The van der Waals surface area contributed by atoms with E-state index in [2.05, 4.69) is 20.9 Å². The van der Waals surface area contributed by atoms with Gasteiger partial charge in [0.05, 0.1) is 28.1 Å². The van der Waals surface area contributed by atoms with Gasteiger partial charge in [-0.3, -0.25) is 0 Å². The van der Waals surface area contributed by atoms with Crippen LogP contribution in [0.1, 0.15) is 12.8 Å². The van der Waals surface area contributed by atoms with Crippen LogP contribution in [0.5, 0.6) is 0 Å². The molecule has 3 rings (SSSR count). The highest BCUT2D eigenvalue weighted by molar-refractivity contribution is 6.34. The summed E-state index contributed by atoms with van der Waals surface area (Å²) in [7, 11) is 0. The van der Waals surface area contributed by atoms with E-state index in [0.717, 1.165) is 34.8 Å². The first kappa shape index (κ1) is 9.04. The Bertz CT molecular complexity index is 486. The Morgan fingerprint density at radius 3 is 2.87 bits per heavy atom. The molecular formula is C11H12ClN3. The van der Waals surface area contributed by atoms with Gasteiger partial charge in [-0.05, 0) is 25.0 Å². The SMILES string of the molecule is Clc1cc2[nH]cnc2cc1N1CCCC1. The highest BCUT2D eigenvalue weighted by Gasteiger charge is 2.16. The minimum atomic E-state index is 0.814. The van der Waals surface area contributed by atoms with Crippen molar-refractivity contribution in [2.24, 2.45) is 0 Å². The molecule has 1 N–H and O–H groups in total. The van der Waals surface area contributed by atoms with Crippen molar-refractivity contribution >= 4 is 28.3 Å². The Kier molecular flexibility index (Phi) is 2.06. The number of rotatable bonds is 1. The lowest BCUT2D eigenvalue weighted by molar-refractivity contribution is 0.949. The largest absolute Gasteiger partial charge is 0.370 e. The van der Waals surface area contributed by atoms with Crippen LogP contribution in [0.15, 0.2) is 18.5 Å². The van der Waals surface area contributed by atoms with Gasteiger partial charge in [0.1, 0.15) is 0 Å². The molecule has 1 aliphatic heterocycles. The molecule has 2 aromatic rings. The summed E-state index contributed by atoms with van der Waals surface area (Å²) < 4.78 is 0. The van der Waals surface area contributed by atoms with Crippen LogP contribution in [0.4, 0.5) is 5.69 Å². The normalized spacial score (nSPS) is 16.5. The molecule has 0 bridgehead atoms. The molecule has 0 spiro atoms. The van der Waals surface area contributed by atoms with Crippen LogP contribution in [0, 0.1) is 0 Å². The average Bonchev–Trinajstić information content (AvgIpc) is 2.85. The van der Waals surface area contributed by atoms with Gasteiger partial charge in [-0.1, -0.05) is 11.6 Å². The van der Waals surface area contributed by atoms with Gasteiger partial charge in [-0.15, -0.1) is 0 Å². The van der Waals surface area contributed by atoms with E-state index in [9.17, 15) is 0 Å². The first-order valence-electron chi connectivity index (χ1n) is 5.22. The van der Waals surface area contributed by atoms with E-state index < -0.39 is 0 Å². The second-order valence-electron chi connectivity index (χ2n) is 3.92. The van der Waals surface area contributed by atoms with E-state index in [0.29, 0.717) is 0 Å². The number of aromatic amines is 1. The maximum atomic E-state index is 6.25. The number of anilines is 1. The fourth-order valence-corrected chi connectivity index (χ4v) is 2.43. The van der Waals surface area contributed by atoms with Crippen LogP contribution >= 0.6 is 11.6 Å². The number of nitrogens with one attached hydrogen (secondary N) is 1. The van der Waals surface area contributed by atoms with Crippen LogP contribution in [-0.4, -0.2) is 23.1 Å². The monoisotopic (exact) mass is 221 g/mol. The number of fused-ring (bicyclic) bond motifs is 1. The molecule has 3 nitrogen and oxygen atoms in total. The van der Waals surface area contributed by atoms with E-state index in [1.807, 2.05) is 6.07 Å². The van der Waals surface area contributed by atoms with Crippen LogP contribution < -0.4 is 4.90 Å². The lowest BCUT2D eigenvalue weighted by atomic mass is 10.2. The molecule has 78 valence electrons. The average molecular weight is 222 g/mol. The Morgan fingerprint density at radius 2 is 2.07 bits per heavy atom. The molecule has 0 unspecified atom stereocenters. The van der Waals surface area contributed by atoms with E-state index in [4.69, 9.17) is 11.6 Å². The topological polar surface area (TPSA) is 31.9 Å². The fourth-order valence-electron chi connectivity index (χ4n) is 2.14. The second kappa shape index (κ2) is 3.42. The van der Waals surface area contributed by atoms with Crippen LogP contribution in [0.3, 0.4) is 0 Å². The van der Waals surface area contributed by atoms with Gasteiger partial charge < -0.3 is 9.88 Å². The zero-order valence-corrected chi connectivity index (χ0v) is 9.09. The summed E-state index contributed by atoms with van der Waals surface area (Å²) in [5.74, 6) is 0. The molecule has 1 saturated heterocycles. The zero-order valence-electron chi connectivity index (χ0n) is 8.33. The predicted molar refractivity (Wildman–Crippen MR) is 62.6 cm³/mol. The molecule has 0 amide bonds. The summed E-state index contributed by atoms with van der Waals surface area (Å²) in [6, 6.07) is 4.02. The number of H-pyrrole nitrogens is 1. The maximum Gasteiger partial charge on any atom is 0.0931 e. The Labute approximate surface area is 93.1 Å². The summed E-state index contributed by atoms with van der Waals surface area (Å²) >= 11 is 6.25. The Hall–Kier alpha value is -1.22. The van der Waals surface area contributed by atoms with Crippen LogP contribution in [0.25, 0.3) is 11.0 Å². The highest BCUT2D eigenvalue weighted by Crippen LogP contribution is 2.31. The van der Waals surface area contributed by atoms with E-state index in [1.165, 1.54) is 12.8 Å². The summed E-state index contributed by atoms with van der Waals surface area (Å²) in [5, 5.41) is 0.814. The number of imidazole rings is 1. The number of halogens is 1. The van der Waals surface area contributed by atoms with Crippen molar-refractivity contribution in [2.45, 2.75) is 12.8 Å². The van der Waals surface area contributed by atoms with Gasteiger partial charge in [0, 0.05) is 13.1 Å². The van der Waals surface area contributed by atoms with Crippen molar-refractivity contribution in [1.82, 2.24) is 9.97 Å². The van der Waals surface area contributed by atoms with Gasteiger partial charge in [-0.25, -0.2) is 4.98 Å². The molecule has 1 aromatic carbocycles. The van der Waals surface area contributed by atoms with Crippen LogP contribution in [0.2, 0.25) is 5.02 Å². The van der Waals surface area contributed by atoms with Gasteiger partial charge in [-0.2, -0.15) is 0 Å². The van der Waals surface area contributed by atoms with Crippen molar-refractivity contribution in [3.8, 4) is 0 Å². The molecule has 1 fully saturated rings. The smallest absolute Gasteiger partial charge is 0.0931 e. The number of hydrogen-bond acceptors (Lipinski definition) is 2. The molecule has 0 saturated carbocycles. The van der Waals surface area contributed by atoms with Gasteiger partial charge in [0.15, 0.2) is 0 Å². The second-order valence-corrected chi connectivity index (χ2v) is 4.32. The van der Waals surface area contributed by atoms with Crippen LogP contribution in [-0.2, 0) is 0 Å². The van der Waals surface area contributed by atoms with Crippen molar-refractivity contribution in [2.75, 3.05) is 18.0 Å². The lowest BCUT2D eigenvalue weighted by Gasteiger charge is -2.18. The minimum Gasteiger partial charge on any atom is -0.370 e. The van der Waals surface area contributed by atoms with Crippen molar-refractivity contribution < 1.29 is 0 Å². The van der Waals surface area contributed by atoms with Gasteiger partial charge in [0.2, 0.25) is 0 Å². The van der Waals surface area contributed by atoms with Crippen molar-refractivity contribution in [3.63, 3.8) is 0 Å². The molecule has 1 aromatic heterocycles. The molecule has 0 radical (unpaired) electrons. The standard InChI is InChI=1S/C11H12ClN3/c12-8-5-9-10(14-7-13-9)6-11(8)15-3-1-2-4-15/h5-7H,1-4H2,(H,13,14). The first-order valence-corrected chi connectivity index (χ1v) is 5.60. The lowest BCUT2D eigenvalue weighted by Crippen LogP contribution is -2.17. The summed E-state index contributed by atoms with van der Waals surface area (Å²) in [4.78, 5) is 9.64. The molecule has 0 aliphatic carbocycles. The third kappa shape index (κ3) is 1.47. The maximum absolute atomic E-state index is 6.25.